The minimum absolute atomic E-state index is 0.0605. The highest BCUT2D eigenvalue weighted by atomic mass is 19.4. The molecule has 152 valence electrons. The third-order valence-corrected chi connectivity index (χ3v) is 5.25. The normalized spacial score (nSPS) is 16.3. The summed E-state index contributed by atoms with van der Waals surface area (Å²) in [6.07, 6.45) is 0.640. The molecular formula is C20H25F3N4O. The van der Waals surface area contributed by atoms with Crippen molar-refractivity contribution in [2.75, 3.05) is 26.7 Å². The molecule has 8 heteroatoms. The van der Waals surface area contributed by atoms with Crippen molar-refractivity contribution in [1.29, 1.82) is 0 Å². The number of carbonyl (C=O) groups excluding carboxylic acids is 1. The maximum absolute atomic E-state index is 13.2. The molecule has 2 aromatic rings. The first-order chi connectivity index (χ1) is 13.2. The fourth-order valence-corrected chi connectivity index (χ4v) is 3.73. The summed E-state index contributed by atoms with van der Waals surface area (Å²) < 4.78 is 41.1. The minimum Gasteiger partial charge on any atom is -0.341 e. The summed E-state index contributed by atoms with van der Waals surface area (Å²) in [6, 6.07) is 5.76. The predicted octanol–water partition coefficient (Wildman–Crippen LogP) is 3.42. The topological polar surface area (TPSA) is 41.4 Å². The summed E-state index contributed by atoms with van der Waals surface area (Å²) in [7, 11) is 3.55. The van der Waals surface area contributed by atoms with E-state index in [0.717, 1.165) is 32.0 Å². The molecule has 0 saturated carbocycles. The molecule has 0 radical (unpaired) electrons. The lowest BCUT2D eigenvalue weighted by atomic mass is 9.95. The van der Waals surface area contributed by atoms with Crippen molar-refractivity contribution < 1.29 is 18.0 Å². The Kier molecular flexibility index (Phi) is 6.07. The van der Waals surface area contributed by atoms with Gasteiger partial charge in [0.05, 0.1) is 17.3 Å². The van der Waals surface area contributed by atoms with Crippen molar-refractivity contribution in [3.63, 3.8) is 0 Å². The Hall–Kier alpha value is -2.35. The van der Waals surface area contributed by atoms with Gasteiger partial charge in [-0.25, -0.2) is 0 Å². The first-order valence-electron chi connectivity index (χ1n) is 9.35. The standard InChI is InChI=1S/C20H25F3N4O/c1-25(19(28)17-11-24-26(2)13-17)12-15-7-9-27(10-8-15)14-16-5-3-4-6-18(16)20(21,22)23/h3-6,11,13,15H,7-10,12,14H2,1-2H3. The van der Waals surface area contributed by atoms with Crippen LogP contribution in [-0.4, -0.2) is 52.2 Å². The Bertz CT molecular complexity index is 810. The van der Waals surface area contributed by atoms with Crippen molar-refractivity contribution in [2.45, 2.75) is 25.6 Å². The number of aromatic nitrogens is 2. The summed E-state index contributed by atoms with van der Waals surface area (Å²) in [4.78, 5) is 16.2. The molecule has 5 nitrogen and oxygen atoms in total. The van der Waals surface area contributed by atoms with Crippen molar-refractivity contribution in [3.05, 3.63) is 53.3 Å². The van der Waals surface area contributed by atoms with E-state index in [1.807, 2.05) is 0 Å². The van der Waals surface area contributed by atoms with Crippen molar-refractivity contribution in [1.82, 2.24) is 19.6 Å². The highest BCUT2D eigenvalue weighted by Crippen LogP contribution is 2.33. The van der Waals surface area contributed by atoms with Gasteiger partial charge in [-0.15, -0.1) is 0 Å². The Morgan fingerprint density at radius 3 is 2.54 bits per heavy atom. The van der Waals surface area contributed by atoms with Gasteiger partial charge < -0.3 is 4.90 Å². The van der Waals surface area contributed by atoms with Gasteiger partial charge in [0.1, 0.15) is 0 Å². The Balaban J connectivity index is 1.52. The number of hydrogen-bond donors (Lipinski definition) is 0. The predicted molar refractivity (Wildman–Crippen MR) is 99.6 cm³/mol. The lowest BCUT2D eigenvalue weighted by Crippen LogP contribution is -2.39. The van der Waals surface area contributed by atoms with Crippen molar-refractivity contribution >= 4 is 5.91 Å². The molecule has 0 atom stereocenters. The molecule has 1 fully saturated rings. The zero-order valence-corrected chi connectivity index (χ0v) is 16.1. The van der Waals surface area contributed by atoms with Crippen LogP contribution in [0.2, 0.25) is 0 Å². The van der Waals surface area contributed by atoms with Gasteiger partial charge in [-0.05, 0) is 43.5 Å². The molecule has 1 saturated heterocycles. The first-order valence-corrected chi connectivity index (χ1v) is 9.35. The molecule has 0 aliphatic carbocycles. The summed E-state index contributed by atoms with van der Waals surface area (Å²) >= 11 is 0. The maximum Gasteiger partial charge on any atom is 0.416 e. The third kappa shape index (κ3) is 4.92. The van der Waals surface area contributed by atoms with E-state index in [4.69, 9.17) is 0 Å². The quantitative estimate of drug-likeness (QED) is 0.780. The first kappa shape index (κ1) is 20.4. The number of amides is 1. The summed E-state index contributed by atoms with van der Waals surface area (Å²) in [5, 5.41) is 4.02. The second-order valence-corrected chi connectivity index (χ2v) is 7.46. The van der Waals surface area contributed by atoms with E-state index in [9.17, 15) is 18.0 Å². The van der Waals surface area contributed by atoms with E-state index in [1.54, 1.807) is 48.2 Å². The maximum atomic E-state index is 13.2. The summed E-state index contributed by atoms with van der Waals surface area (Å²) in [5.41, 5.74) is 0.322. The fraction of sp³-hybridized carbons (Fsp3) is 0.500. The van der Waals surface area contributed by atoms with Gasteiger partial charge in [0.2, 0.25) is 0 Å². The van der Waals surface area contributed by atoms with Crippen LogP contribution in [0, 0.1) is 5.92 Å². The molecule has 0 unspecified atom stereocenters. The monoisotopic (exact) mass is 394 g/mol. The van der Waals surface area contributed by atoms with Crippen LogP contribution >= 0.6 is 0 Å². The van der Waals surface area contributed by atoms with Gasteiger partial charge in [-0.3, -0.25) is 14.4 Å². The minimum atomic E-state index is -4.33. The number of halogens is 3. The number of aryl methyl sites for hydroxylation is 1. The van der Waals surface area contributed by atoms with Gasteiger partial charge in [0, 0.05) is 33.4 Å². The number of piperidine rings is 1. The van der Waals surface area contributed by atoms with Crippen LogP contribution in [0.3, 0.4) is 0 Å². The fourth-order valence-electron chi connectivity index (χ4n) is 3.73. The second kappa shape index (κ2) is 8.34. The van der Waals surface area contributed by atoms with Crippen molar-refractivity contribution in [3.8, 4) is 0 Å². The molecule has 0 N–H and O–H groups in total. The zero-order chi connectivity index (χ0) is 20.3. The Labute approximate surface area is 162 Å². The molecule has 2 heterocycles. The summed E-state index contributed by atoms with van der Waals surface area (Å²) in [6.45, 7) is 2.39. The largest absolute Gasteiger partial charge is 0.416 e. The summed E-state index contributed by atoms with van der Waals surface area (Å²) in [5.74, 6) is 0.286. The number of likely N-dealkylation sites (tertiary alicyclic amines) is 1. The molecule has 1 amide bonds. The highest BCUT2D eigenvalue weighted by molar-refractivity contribution is 5.93. The van der Waals surface area contributed by atoms with E-state index < -0.39 is 11.7 Å². The lowest BCUT2D eigenvalue weighted by molar-refractivity contribution is -0.138. The van der Waals surface area contributed by atoms with E-state index in [1.165, 1.54) is 6.07 Å². The molecule has 0 bridgehead atoms. The number of benzene rings is 1. The van der Waals surface area contributed by atoms with Gasteiger partial charge in [0.15, 0.2) is 0 Å². The lowest BCUT2D eigenvalue weighted by Gasteiger charge is -2.34. The molecule has 1 aliphatic rings. The van der Waals surface area contributed by atoms with E-state index in [2.05, 4.69) is 10.00 Å². The molecular weight excluding hydrogens is 369 g/mol. The van der Waals surface area contributed by atoms with Gasteiger partial charge in [0.25, 0.3) is 5.91 Å². The second-order valence-electron chi connectivity index (χ2n) is 7.46. The smallest absolute Gasteiger partial charge is 0.341 e. The molecule has 0 spiro atoms. The van der Waals surface area contributed by atoms with Gasteiger partial charge in [-0.1, -0.05) is 18.2 Å². The zero-order valence-electron chi connectivity index (χ0n) is 16.1. The molecule has 1 aromatic carbocycles. The molecule has 3 rings (SSSR count). The highest BCUT2D eigenvalue weighted by Gasteiger charge is 2.33. The molecule has 1 aromatic heterocycles. The molecule has 1 aliphatic heterocycles. The number of carbonyl (C=O) groups is 1. The van der Waals surface area contributed by atoms with Crippen LogP contribution < -0.4 is 0 Å². The molecule has 28 heavy (non-hydrogen) atoms. The Morgan fingerprint density at radius 2 is 1.93 bits per heavy atom. The van der Waals surface area contributed by atoms with E-state index in [-0.39, 0.29) is 5.91 Å². The average molecular weight is 394 g/mol. The van der Waals surface area contributed by atoms with Gasteiger partial charge >= 0.3 is 6.18 Å². The van der Waals surface area contributed by atoms with E-state index in [0.29, 0.717) is 30.1 Å². The third-order valence-electron chi connectivity index (χ3n) is 5.25. The Morgan fingerprint density at radius 1 is 1.25 bits per heavy atom. The van der Waals surface area contributed by atoms with Gasteiger partial charge in [-0.2, -0.15) is 18.3 Å². The number of rotatable bonds is 5. The number of alkyl halides is 3. The average Bonchev–Trinajstić information content (AvgIpc) is 3.08. The van der Waals surface area contributed by atoms with Crippen LogP contribution in [0.4, 0.5) is 13.2 Å². The number of nitrogens with zero attached hydrogens (tertiary/aromatic N) is 4. The number of hydrogen-bond acceptors (Lipinski definition) is 3. The van der Waals surface area contributed by atoms with E-state index >= 15 is 0 Å². The SMILES string of the molecule is CN(CC1CCN(Cc2ccccc2C(F)(F)F)CC1)C(=O)c1cnn(C)c1. The van der Waals surface area contributed by atoms with Crippen LogP contribution in [0.25, 0.3) is 0 Å². The van der Waals surface area contributed by atoms with Crippen LogP contribution in [0.15, 0.2) is 36.7 Å². The van der Waals surface area contributed by atoms with Crippen LogP contribution in [-0.2, 0) is 19.8 Å². The van der Waals surface area contributed by atoms with Crippen LogP contribution in [0.5, 0.6) is 0 Å². The van der Waals surface area contributed by atoms with Crippen molar-refractivity contribution in [2.24, 2.45) is 13.0 Å². The van der Waals surface area contributed by atoms with Crippen LogP contribution in [0.1, 0.15) is 34.3 Å².